The van der Waals surface area contributed by atoms with Crippen molar-refractivity contribution < 1.29 is 23.0 Å². The second kappa shape index (κ2) is 13.3. The number of anilines is 2. The van der Waals surface area contributed by atoms with Crippen LogP contribution >= 0.6 is 11.3 Å². The summed E-state index contributed by atoms with van der Waals surface area (Å²) in [6.07, 6.45) is 3.81. The molecule has 0 aliphatic heterocycles. The molecule has 3 aliphatic rings. The number of nitrogens with one attached hydrogen (secondary N) is 2. The number of pyridine rings is 1. The number of sulfone groups is 1. The van der Waals surface area contributed by atoms with E-state index in [1.165, 1.54) is 29.0 Å². The van der Waals surface area contributed by atoms with E-state index in [-0.39, 0.29) is 11.3 Å². The molecule has 1 unspecified atom stereocenters. The predicted molar refractivity (Wildman–Crippen MR) is 192 cm³/mol. The van der Waals surface area contributed by atoms with Gasteiger partial charge in [-0.1, -0.05) is 30.3 Å². The van der Waals surface area contributed by atoms with Crippen LogP contribution in [-0.2, 0) is 9.84 Å². The number of hydrogen-bond donors (Lipinski definition) is 4. The number of hydrogen-bond acceptors (Lipinski definition) is 11. The zero-order valence-electron chi connectivity index (χ0n) is 27.5. The lowest BCUT2D eigenvalue weighted by Crippen LogP contribution is -2.36. The van der Waals surface area contributed by atoms with Crippen molar-refractivity contribution in [1.82, 2.24) is 19.9 Å². The van der Waals surface area contributed by atoms with E-state index in [0.29, 0.717) is 47.3 Å². The number of benzene rings is 2. The molecule has 3 saturated carbocycles. The van der Waals surface area contributed by atoms with E-state index in [0.717, 1.165) is 58.7 Å². The van der Waals surface area contributed by atoms with E-state index >= 15 is 0 Å². The van der Waals surface area contributed by atoms with Crippen LogP contribution in [0.4, 0.5) is 16.2 Å². The van der Waals surface area contributed by atoms with Gasteiger partial charge in [0.15, 0.2) is 9.84 Å². The first-order chi connectivity index (χ1) is 24.1. The van der Waals surface area contributed by atoms with Gasteiger partial charge >= 0.3 is 0 Å². The van der Waals surface area contributed by atoms with E-state index in [1.54, 1.807) is 0 Å². The smallest absolute Gasteiger partial charge is 0.224 e. The van der Waals surface area contributed by atoms with Crippen molar-refractivity contribution in [3.8, 4) is 10.6 Å². The van der Waals surface area contributed by atoms with Gasteiger partial charge in [-0.25, -0.2) is 22.8 Å². The maximum Gasteiger partial charge on any atom is 0.224 e. The highest BCUT2D eigenvalue weighted by Crippen LogP contribution is 2.45. The second-order valence-electron chi connectivity index (χ2n) is 14.0. The quantitative estimate of drug-likeness (QED) is 0.119. The van der Waals surface area contributed by atoms with Crippen LogP contribution in [-0.4, -0.2) is 69.1 Å². The minimum Gasteiger partial charge on any atom is -0.390 e. The number of aliphatic hydroxyl groups excluding tert-OH is 2. The van der Waals surface area contributed by atoms with Gasteiger partial charge in [0.1, 0.15) is 28.3 Å². The third-order valence-corrected chi connectivity index (χ3v) is 13.3. The molecule has 0 radical (unpaired) electrons. The van der Waals surface area contributed by atoms with Crippen LogP contribution in [0.15, 0.2) is 71.8 Å². The molecule has 10 nitrogen and oxygen atoms in total. The van der Waals surface area contributed by atoms with Gasteiger partial charge in [-0.2, -0.15) is 4.98 Å². The molecule has 0 bridgehead atoms. The average Bonchev–Trinajstić information content (AvgIpc) is 3.79. The zero-order valence-corrected chi connectivity index (χ0v) is 29.2. The van der Waals surface area contributed by atoms with Crippen molar-refractivity contribution in [3.63, 3.8) is 0 Å². The molecule has 3 fully saturated rings. The fourth-order valence-electron chi connectivity index (χ4n) is 7.41. The van der Waals surface area contributed by atoms with Crippen LogP contribution in [0.3, 0.4) is 0 Å². The fraction of sp³-hybridized carbons (Fsp3) is 0.405. The summed E-state index contributed by atoms with van der Waals surface area (Å²) in [5, 5.41) is 29.8. The maximum absolute atomic E-state index is 13.5. The SMILES string of the molecule is Cc1nc(NCC2CC(c3ccccc3)C2)nc(NC2C[C@H](CS(=O)(=O)c3ccc(F)cc3)[C@@H](O)[C@H]2O)c1-c1nc2c(C3CC3)nccc2s1. The number of fused-ring (bicyclic) bond motifs is 1. The molecule has 4 N–H and O–H groups in total. The largest absolute Gasteiger partial charge is 0.390 e. The van der Waals surface area contributed by atoms with E-state index < -0.39 is 45.6 Å². The van der Waals surface area contributed by atoms with Crippen LogP contribution in [0.25, 0.3) is 20.8 Å². The average molecular weight is 715 g/mol. The summed E-state index contributed by atoms with van der Waals surface area (Å²) >= 11 is 1.53. The molecular formula is C37H39FN6O4S2. The van der Waals surface area contributed by atoms with E-state index in [4.69, 9.17) is 15.0 Å². The minimum absolute atomic E-state index is 0.0288. The zero-order chi connectivity index (χ0) is 34.6. The Morgan fingerprint density at radius 1 is 0.920 bits per heavy atom. The lowest BCUT2D eigenvalue weighted by molar-refractivity contribution is 0.0216. The Kier molecular flexibility index (Phi) is 8.78. The standard InChI is InChI=1S/C37H39FN6O4S2/c1-20-30(36-43-32-29(49-36)13-14-39-31(32)23-7-8-23)35(44-37(41-20)40-18-21-15-24(16-21)22-5-3-2-4-6-22)42-28-17-25(33(45)34(28)46)19-50(47,48)27-11-9-26(38)10-12-27/h2-6,9-14,21,23-25,28,33-34,45-46H,7-8,15-19H2,1H3,(H2,40,41,42,44)/t21?,24?,25-,28?,33-,34+/m1/s1. The van der Waals surface area contributed by atoms with Gasteiger partial charge in [0.05, 0.1) is 44.4 Å². The van der Waals surface area contributed by atoms with Gasteiger partial charge in [-0.05, 0) is 86.8 Å². The first kappa shape index (κ1) is 33.1. The van der Waals surface area contributed by atoms with Crippen LogP contribution in [0.1, 0.15) is 60.9 Å². The number of nitrogens with zero attached hydrogens (tertiary/aromatic N) is 4. The Labute approximate surface area is 294 Å². The van der Waals surface area contributed by atoms with Gasteiger partial charge in [-0.15, -0.1) is 11.3 Å². The molecule has 0 spiro atoms. The van der Waals surface area contributed by atoms with Gasteiger partial charge in [-0.3, -0.25) is 4.98 Å². The normalized spacial score (nSPS) is 25.0. The summed E-state index contributed by atoms with van der Waals surface area (Å²) in [6.45, 7) is 2.62. The highest BCUT2D eigenvalue weighted by molar-refractivity contribution is 7.91. The molecule has 0 saturated heterocycles. The molecule has 3 aromatic heterocycles. The molecule has 3 heterocycles. The van der Waals surface area contributed by atoms with Crippen LogP contribution in [0, 0.1) is 24.6 Å². The number of aromatic nitrogens is 4. The van der Waals surface area contributed by atoms with Gasteiger partial charge in [0.25, 0.3) is 0 Å². The van der Waals surface area contributed by atoms with Gasteiger partial charge < -0.3 is 20.8 Å². The summed E-state index contributed by atoms with van der Waals surface area (Å²) in [5.41, 5.74) is 4.64. The number of halogens is 1. The van der Waals surface area contributed by atoms with Crippen LogP contribution in [0.5, 0.6) is 0 Å². The maximum atomic E-state index is 13.5. The Morgan fingerprint density at radius 2 is 1.68 bits per heavy atom. The van der Waals surface area contributed by atoms with Crippen molar-refractivity contribution >= 4 is 43.2 Å². The third-order valence-electron chi connectivity index (χ3n) is 10.4. The van der Waals surface area contributed by atoms with E-state index in [9.17, 15) is 23.0 Å². The second-order valence-corrected chi connectivity index (χ2v) is 17.0. The van der Waals surface area contributed by atoms with Crippen molar-refractivity contribution in [3.05, 3.63) is 89.6 Å². The summed E-state index contributed by atoms with van der Waals surface area (Å²) in [6, 6.07) is 16.5. The highest BCUT2D eigenvalue weighted by Gasteiger charge is 2.44. The first-order valence-corrected chi connectivity index (χ1v) is 19.6. The molecule has 260 valence electrons. The topological polar surface area (TPSA) is 150 Å². The molecular weight excluding hydrogens is 676 g/mol. The van der Waals surface area contributed by atoms with Gasteiger partial charge in [0.2, 0.25) is 5.95 Å². The summed E-state index contributed by atoms with van der Waals surface area (Å²) in [5.74, 6) is 0.663. The van der Waals surface area contributed by atoms with Crippen molar-refractivity contribution in [2.45, 2.75) is 74.0 Å². The number of aryl methyl sites for hydroxylation is 1. The van der Waals surface area contributed by atoms with Crippen molar-refractivity contribution in [2.75, 3.05) is 22.9 Å². The van der Waals surface area contributed by atoms with Gasteiger partial charge in [0, 0.05) is 24.6 Å². The van der Waals surface area contributed by atoms with Crippen LogP contribution in [0.2, 0.25) is 0 Å². The number of thiazole rings is 1. The molecule has 2 aromatic carbocycles. The molecule has 4 atom stereocenters. The van der Waals surface area contributed by atoms with E-state index in [2.05, 4.69) is 39.9 Å². The summed E-state index contributed by atoms with van der Waals surface area (Å²) in [7, 11) is -3.85. The molecule has 50 heavy (non-hydrogen) atoms. The highest BCUT2D eigenvalue weighted by atomic mass is 32.2. The monoisotopic (exact) mass is 714 g/mol. The number of aliphatic hydroxyl groups is 2. The lowest BCUT2D eigenvalue weighted by atomic mass is 9.71. The molecule has 13 heteroatoms. The van der Waals surface area contributed by atoms with E-state index in [1.807, 2.05) is 25.3 Å². The summed E-state index contributed by atoms with van der Waals surface area (Å²) < 4.78 is 40.9. The number of rotatable bonds is 11. The van der Waals surface area contributed by atoms with Crippen molar-refractivity contribution in [2.24, 2.45) is 11.8 Å². The third kappa shape index (κ3) is 6.59. The Balaban J connectivity index is 1.06. The predicted octanol–water partition coefficient (Wildman–Crippen LogP) is 6.08. The fourth-order valence-corrected chi connectivity index (χ4v) is 10.1. The molecule has 3 aliphatic carbocycles. The Bertz CT molecular complexity index is 2120. The minimum atomic E-state index is -3.85. The Hall–Kier alpha value is -4.04. The van der Waals surface area contributed by atoms with Crippen LogP contribution < -0.4 is 10.6 Å². The van der Waals surface area contributed by atoms with Crippen molar-refractivity contribution in [1.29, 1.82) is 0 Å². The molecule has 5 aromatic rings. The Morgan fingerprint density at radius 3 is 2.42 bits per heavy atom. The molecule has 8 rings (SSSR count). The summed E-state index contributed by atoms with van der Waals surface area (Å²) in [4.78, 5) is 19.4. The molecule has 0 amide bonds. The first-order valence-electron chi connectivity index (χ1n) is 17.2. The lowest BCUT2D eigenvalue weighted by Gasteiger charge is -2.35.